The maximum absolute atomic E-state index is 13.8. The van der Waals surface area contributed by atoms with Crippen molar-refractivity contribution in [3.8, 4) is 5.75 Å². The molecule has 1 fully saturated rings. The molecule has 2 amide bonds. The van der Waals surface area contributed by atoms with Crippen molar-refractivity contribution in [2.75, 3.05) is 43.9 Å². The van der Waals surface area contributed by atoms with E-state index >= 15 is 0 Å². The van der Waals surface area contributed by atoms with Gasteiger partial charge >= 0.3 is 0 Å². The highest BCUT2D eigenvalue weighted by molar-refractivity contribution is 6.41. The summed E-state index contributed by atoms with van der Waals surface area (Å²) in [6.45, 7) is 9.34. The van der Waals surface area contributed by atoms with Crippen molar-refractivity contribution >= 4 is 46.8 Å². The van der Waals surface area contributed by atoms with E-state index in [4.69, 9.17) is 22.1 Å². The SMILES string of the molecule is COc1c(C)cnc(CN2C(=O)C(=Cc3[nH]cc(C(=O)NCCN4CCCC4)c3C)c3c(Cl)nc(N)nc32)c1C. The Balaban J connectivity index is 1.44. The van der Waals surface area contributed by atoms with Gasteiger partial charge in [-0.15, -0.1) is 0 Å². The summed E-state index contributed by atoms with van der Waals surface area (Å²) in [6, 6.07) is 0. The molecule has 2 aliphatic rings. The third kappa shape index (κ3) is 5.14. The molecule has 0 spiro atoms. The zero-order valence-corrected chi connectivity index (χ0v) is 23.9. The Morgan fingerprint density at radius 3 is 2.70 bits per heavy atom. The molecule has 0 unspecified atom stereocenters. The summed E-state index contributed by atoms with van der Waals surface area (Å²) in [7, 11) is 1.60. The molecule has 12 heteroatoms. The van der Waals surface area contributed by atoms with Gasteiger partial charge in [0.25, 0.3) is 11.8 Å². The molecule has 0 atom stereocenters. The van der Waals surface area contributed by atoms with E-state index in [0.29, 0.717) is 51.8 Å². The van der Waals surface area contributed by atoms with Gasteiger partial charge < -0.3 is 25.7 Å². The van der Waals surface area contributed by atoms with Crippen molar-refractivity contribution < 1.29 is 14.3 Å². The van der Waals surface area contributed by atoms with E-state index in [0.717, 1.165) is 30.8 Å². The second-order valence-electron chi connectivity index (χ2n) is 10.1. The number of hydrogen-bond donors (Lipinski definition) is 3. The average Bonchev–Trinajstić information content (AvgIpc) is 3.62. The summed E-state index contributed by atoms with van der Waals surface area (Å²) in [4.78, 5) is 46.7. The lowest BCUT2D eigenvalue weighted by Gasteiger charge is -2.19. The Labute approximate surface area is 237 Å². The zero-order chi connectivity index (χ0) is 28.6. The standard InChI is InChI=1S/C28H33ClN8O3/c1-15-12-32-21(17(3)23(15)40-4)14-37-25-22(24(29)34-28(30)35-25)18(27(37)39)11-20-16(2)19(13-33-20)26(38)31-7-10-36-8-5-6-9-36/h11-13,33H,5-10,14H2,1-4H3,(H,31,38)(H2,30,34,35). The van der Waals surface area contributed by atoms with Gasteiger partial charge in [0.1, 0.15) is 10.9 Å². The molecule has 3 aromatic rings. The largest absolute Gasteiger partial charge is 0.496 e. The number of carbonyl (C=O) groups excluding carboxylic acids is 2. The molecule has 11 nitrogen and oxygen atoms in total. The Bertz CT molecular complexity index is 1510. The van der Waals surface area contributed by atoms with Crippen molar-refractivity contribution in [1.82, 2.24) is 30.2 Å². The minimum absolute atomic E-state index is 0.0436. The van der Waals surface area contributed by atoms with E-state index in [2.05, 4.69) is 30.2 Å². The third-order valence-electron chi connectivity index (χ3n) is 7.55. The summed E-state index contributed by atoms with van der Waals surface area (Å²) in [5.41, 5.74) is 10.8. The number of methoxy groups -OCH3 is 1. The quantitative estimate of drug-likeness (QED) is 0.279. The van der Waals surface area contributed by atoms with Crippen LogP contribution in [0.4, 0.5) is 11.8 Å². The molecule has 5 rings (SSSR count). The van der Waals surface area contributed by atoms with Gasteiger partial charge in [-0.3, -0.25) is 19.5 Å². The summed E-state index contributed by atoms with van der Waals surface area (Å²) < 4.78 is 5.54. The topological polar surface area (TPSA) is 142 Å². The molecule has 1 saturated heterocycles. The first-order chi connectivity index (χ1) is 19.2. The van der Waals surface area contributed by atoms with Gasteiger partial charge in [-0.05, 0) is 58.3 Å². The second-order valence-corrected chi connectivity index (χ2v) is 10.5. The Morgan fingerprint density at radius 1 is 1.23 bits per heavy atom. The number of nitrogen functional groups attached to an aromatic ring is 1. The predicted octanol–water partition coefficient (Wildman–Crippen LogP) is 3.28. The van der Waals surface area contributed by atoms with Gasteiger partial charge in [-0.1, -0.05) is 11.6 Å². The van der Waals surface area contributed by atoms with Gasteiger partial charge in [0, 0.05) is 42.3 Å². The van der Waals surface area contributed by atoms with E-state index in [1.807, 2.05) is 20.8 Å². The fraction of sp³-hybridized carbons (Fsp3) is 0.393. The van der Waals surface area contributed by atoms with Crippen LogP contribution >= 0.6 is 11.6 Å². The number of nitrogens with one attached hydrogen (secondary N) is 2. The fourth-order valence-electron chi connectivity index (χ4n) is 5.35. The van der Waals surface area contributed by atoms with E-state index in [1.165, 1.54) is 17.7 Å². The van der Waals surface area contributed by atoms with E-state index in [-0.39, 0.29) is 29.5 Å². The molecule has 5 heterocycles. The van der Waals surface area contributed by atoms with Crippen LogP contribution < -0.4 is 20.7 Å². The normalized spacial score (nSPS) is 16.2. The number of aryl methyl sites for hydroxylation is 1. The van der Waals surface area contributed by atoms with E-state index in [1.54, 1.807) is 25.6 Å². The van der Waals surface area contributed by atoms with Crippen LogP contribution in [0.25, 0.3) is 11.6 Å². The molecule has 0 aliphatic carbocycles. The third-order valence-corrected chi connectivity index (χ3v) is 7.82. The predicted molar refractivity (Wildman–Crippen MR) is 154 cm³/mol. The number of amides is 2. The summed E-state index contributed by atoms with van der Waals surface area (Å²) >= 11 is 6.51. The van der Waals surface area contributed by atoms with Crippen molar-refractivity contribution in [3.63, 3.8) is 0 Å². The van der Waals surface area contributed by atoms with Gasteiger partial charge in [0.15, 0.2) is 5.82 Å². The molecule has 0 saturated carbocycles. The van der Waals surface area contributed by atoms with Crippen molar-refractivity contribution in [2.45, 2.75) is 40.2 Å². The average molecular weight is 565 g/mol. The van der Waals surface area contributed by atoms with Gasteiger partial charge in [0.05, 0.1) is 36.0 Å². The monoisotopic (exact) mass is 564 g/mol. The van der Waals surface area contributed by atoms with Crippen LogP contribution in [0.2, 0.25) is 5.15 Å². The molecule has 0 aromatic carbocycles. The number of fused-ring (bicyclic) bond motifs is 1. The first-order valence-corrected chi connectivity index (χ1v) is 13.6. The lowest BCUT2D eigenvalue weighted by Crippen LogP contribution is -2.33. The molecule has 210 valence electrons. The summed E-state index contributed by atoms with van der Waals surface area (Å²) in [5.74, 6) is 0.474. The van der Waals surface area contributed by atoms with E-state index in [9.17, 15) is 9.59 Å². The number of aromatic amines is 1. The highest BCUT2D eigenvalue weighted by Crippen LogP contribution is 2.42. The lowest BCUT2D eigenvalue weighted by atomic mass is 10.1. The van der Waals surface area contributed by atoms with Crippen molar-refractivity contribution in [2.24, 2.45) is 0 Å². The Kier molecular flexibility index (Phi) is 7.77. The zero-order valence-electron chi connectivity index (χ0n) is 23.1. The maximum Gasteiger partial charge on any atom is 0.260 e. The minimum Gasteiger partial charge on any atom is -0.496 e. The molecule has 4 N–H and O–H groups in total. The lowest BCUT2D eigenvalue weighted by molar-refractivity contribution is -0.113. The number of likely N-dealkylation sites (tertiary alicyclic amines) is 1. The van der Waals surface area contributed by atoms with Gasteiger partial charge in [0.2, 0.25) is 5.95 Å². The van der Waals surface area contributed by atoms with Crippen molar-refractivity contribution in [1.29, 1.82) is 0 Å². The number of carbonyl (C=O) groups is 2. The molecular formula is C28H33ClN8O3. The number of H-pyrrole nitrogens is 1. The maximum atomic E-state index is 13.8. The summed E-state index contributed by atoms with van der Waals surface area (Å²) in [6.07, 6.45) is 7.45. The number of nitrogens with zero attached hydrogens (tertiary/aromatic N) is 5. The van der Waals surface area contributed by atoms with Crippen LogP contribution in [0.1, 0.15) is 56.8 Å². The van der Waals surface area contributed by atoms with Gasteiger partial charge in [-0.2, -0.15) is 4.98 Å². The number of anilines is 2. The first-order valence-electron chi connectivity index (χ1n) is 13.2. The van der Waals surface area contributed by atoms with E-state index < -0.39 is 0 Å². The number of aromatic nitrogens is 4. The Hall–Kier alpha value is -3.96. The molecule has 0 bridgehead atoms. The van der Waals surface area contributed by atoms with Crippen LogP contribution in [0.5, 0.6) is 5.75 Å². The molecule has 0 radical (unpaired) electrons. The number of rotatable bonds is 8. The second kappa shape index (κ2) is 11.3. The molecule has 3 aromatic heterocycles. The number of nitrogens with two attached hydrogens (primary N) is 1. The van der Waals surface area contributed by atoms with Crippen LogP contribution in [0.15, 0.2) is 12.4 Å². The van der Waals surface area contributed by atoms with Crippen molar-refractivity contribution in [3.05, 3.63) is 56.8 Å². The highest BCUT2D eigenvalue weighted by Gasteiger charge is 2.38. The van der Waals surface area contributed by atoms with Gasteiger partial charge in [-0.25, -0.2) is 4.98 Å². The highest BCUT2D eigenvalue weighted by atomic mass is 35.5. The fourth-order valence-corrected chi connectivity index (χ4v) is 5.62. The smallest absolute Gasteiger partial charge is 0.260 e. The van der Waals surface area contributed by atoms with Crippen LogP contribution in [-0.4, -0.2) is 69.9 Å². The number of hydrogen-bond acceptors (Lipinski definition) is 8. The number of ether oxygens (including phenoxy) is 1. The summed E-state index contributed by atoms with van der Waals surface area (Å²) in [5, 5.41) is 3.07. The minimum atomic E-state index is -0.330. The first kappa shape index (κ1) is 27.6. The van der Waals surface area contributed by atoms with Crippen LogP contribution in [0, 0.1) is 20.8 Å². The Morgan fingerprint density at radius 2 is 1.98 bits per heavy atom. The molecular weight excluding hydrogens is 532 g/mol. The number of halogens is 1. The van der Waals surface area contributed by atoms with Crippen LogP contribution in [0.3, 0.4) is 0 Å². The molecule has 40 heavy (non-hydrogen) atoms. The number of pyridine rings is 1. The molecule has 2 aliphatic heterocycles. The van der Waals surface area contributed by atoms with Crippen LogP contribution in [-0.2, 0) is 11.3 Å².